The first kappa shape index (κ1) is 10.6. The fraction of sp³-hybridized carbons (Fsp3) is 0.154. The van der Waals surface area contributed by atoms with Gasteiger partial charge < -0.3 is 5.11 Å². The van der Waals surface area contributed by atoms with E-state index >= 15 is 0 Å². The van der Waals surface area contributed by atoms with Gasteiger partial charge in [0, 0.05) is 5.39 Å². The molecule has 0 bridgehead atoms. The Labute approximate surface area is 92.3 Å². The van der Waals surface area contributed by atoms with Gasteiger partial charge in [0.05, 0.1) is 5.92 Å². The molecule has 0 aromatic heterocycles. The predicted molar refractivity (Wildman–Crippen MR) is 60.0 cm³/mol. The molecule has 0 spiro atoms. The Morgan fingerprint density at radius 3 is 2.50 bits per heavy atom. The van der Waals surface area contributed by atoms with Crippen molar-refractivity contribution >= 4 is 16.7 Å². The van der Waals surface area contributed by atoms with Crippen molar-refractivity contribution in [3.05, 3.63) is 47.8 Å². The summed E-state index contributed by atoms with van der Waals surface area (Å²) in [5, 5.41) is 10.1. The van der Waals surface area contributed by atoms with Gasteiger partial charge in [-0.3, -0.25) is 4.79 Å². The number of rotatable bonds is 2. The molecule has 2 rings (SSSR count). The van der Waals surface area contributed by atoms with Crippen molar-refractivity contribution in [2.45, 2.75) is 12.8 Å². The summed E-state index contributed by atoms with van der Waals surface area (Å²) in [5.74, 6) is -1.86. The Hall–Kier alpha value is -1.90. The zero-order valence-electron chi connectivity index (χ0n) is 8.77. The van der Waals surface area contributed by atoms with Crippen LogP contribution < -0.4 is 0 Å². The molecule has 0 aliphatic heterocycles. The molecule has 1 atom stereocenters. The Morgan fingerprint density at radius 1 is 1.19 bits per heavy atom. The lowest BCUT2D eigenvalue weighted by Crippen LogP contribution is -2.07. The van der Waals surface area contributed by atoms with Crippen LogP contribution in [0.25, 0.3) is 10.8 Å². The summed E-state index contributed by atoms with van der Waals surface area (Å²) >= 11 is 0. The van der Waals surface area contributed by atoms with Crippen LogP contribution >= 0.6 is 0 Å². The molecule has 16 heavy (non-hydrogen) atoms. The van der Waals surface area contributed by atoms with E-state index in [0.29, 0.717) is 16.3 Å². The third kappa shape index (κ3) is 1.65. The van der Waals surface area contributed by atoms with Gasteiger partial charge in [-0.1, -0.05) is 30.3 Å². The van der Waals surface area contributed by atoms with Gasteiger partial charge in [0.25, 0.3) is 0 Å². The van der Waals surface area contributed by atoms with Crippen LogP contribution in [0.5, 0.6) is 0 Å². The second kappa shape index (κ2) is 3.93. The Balaban J connectivity index is 2.72. The van der Waals surface area contributed by atoms with Crippen LogP contribution in [-0.2, 0) is 4.79 Å². The van der Waals surface area contributed by atoms with E-state index in [-0.39, 0.29) is 5.82 Å². The molecule has 0 unspecified atom stereocenters. The van der Waals surface area contributed by atoms with E-state index < -0.39 is 11.9 Å². The lowest BCUT2D eigenvalue weighted by molar-refractivity contribution is -0.138. The first-order valence-corrected chi connectivity index (χ1v) is 5.01. The van der Waals surface area contributed by atoms with Gasteiger partial charge in [-0.05, 0) is 23.9 Å². The fourth-order valence-corrected chi connectivity index (χ4v) is 1.81. The summed E-state index contributed by atoms with van der Waals surface area (Å²) in [6.45, 7) is 1.60. The number of carbonyl (C=O) groups is 1. The Morgan fingerprint density at radius 2 is 1.81 bits per heavy atom. The number of fused-ring (bicyclic) bond motifs is 1. The third-order valence-corrected chi connectivity index (χ3v) is 2.74. The number of carboxylic acid groups (broad SMARTS) is 1. The summed E-state index contributed by atoms with van der Waals surface area (Å²) < 4.78 is 13.5. The molecule has 0 amide bonds. The minimum atomic E-state index is -0.906. The first-order valence-electron chi connectivity index (χ1n) is 5.01. The number of halogens is 1. The van der Waals surface area contributed by atoms with Crippen LogP contribution in [-0.4, -0.2) is 11.1 Å². The second-order valence-electron chi connectivity index (χ2n) is 3.74. The lowest BCUT2D eigenvalue weighted by atomic mass is 9.95. The summed E-state index contributed by atoms with van der Waals surface area (Å²) in [6.07, 6.45) is 0. The highest BCUT2D eigenvalue weighted by atomic mass is 19.1. The van der Waals surface area contributed by atoms with Crippen molar-refractivity contribution in [3.63, 3.8) is 0 Å². The van der Waals surface area contributed by atoms with E-state index in [4.69, 9.17) is 5.11 Å². The molecule has 0 heterocycles. The minimum Gasteiger partial charge on any atom is -0.481 e. The van der Waals surface area contributed by atoms with Gasteiger partial charge in [0.1, 0.15) is 5.82 Å². The van der Waals surface area contributed by atoms with Crippen LogP contribution in [0.2, 0.25) is 0 Å². The van der Waals surface area contributed by atoms with Crippen molar-refractivity contribution in [2.75, 3.05) is 0 Å². The number of hydrogen-bond donors (Lipinski definition) is 1. The summed E-state index contributed by atoms with van der Waals surface area (Å²) in [4.78, 5) is 10.9. The summed E-state index contributed by atoms with van der Waals surface area (Å²) in [7, 11) is 0. The smallest absolute Gasteiger partial charge is 0.310 e. The van der Waals surface area contributed by atoms with Crippen molar-refractivity contribution in [1.29, 1.82) is 0 Å². The molecule has 0 aliphatic rings. The molecule has 2 aromatic rings. The Kier molecular flexibility index (Phi) is 2.60. The van der Waals surface area contributed by atoms with Crippen LogP contribution in [0.4, 0.5) is 4.39 Å². The SMILES string of the molecule is C[C@@H](C(=O)O)c1cccc2c(F)cccc12. The highest BCUT2D eigenvalue weighted by Crippen LogP contribution is 2.27. The maximum Gasteiger partial charge on any atom is 0.310 e. The molecule has 82 valence electrons. The van der Waals surface area contributed by atoms with Crippen molar-refractivity contribution in [3.8, 4) is 0 Å². The normalized spacial score (nSPS) is 12.6. The predicted octanol–water partition coefficient (Wildman–Crippen LogP) is 3.17. The van der Waals surface area contributed by atoms with Crippen LogP contribution in [0.1, 0.15) is 18.4 Å². The molecule has 2 aromatic carbocycles. The fourth-order valence-electron chi connectivity index (χ4n) is 1.81. The Bertz CT molecular complexity index is 549. The second-order valence-corrected chi connectivity index (χ2v) is 3.74. The highest BCUT2D eigenvalue weighted by Gasteiger charge is 2.16. The zero-order chi connectivity index (χ0) is 11.7. The third-order valence-electron chi connectivity index (χ3n) is 2.74. The molecule has 3 heteroatoms. The van der Waals surface area contributed by atoms with Gasteiger partial charge in [-0.25, -0.2) is 4.39 Å². The molecule has 0 saturated carbocycles. The zero-order valence-corrected chi connectivity index (χ0v) is 8.77. The maximum absolute atomic E-state index is 13.5. The highest BCUT2D eigenvalue weighted by molar-refractivity contribution is 5.90. The summed E-state index contributed by atoms with van der Waals surface area (Å²) in [5.41, 5.74) is 0.643. The van der Waals surface area contributed by atoms with E-state index in [2.05, 4.69) is 0 Å². The largest absolute Gasteiger partial charge is 0.481 e. The van der Waals surface area contributed by atoms with Gasteiger partial charge >= 0.3 is 5.97 Å². The summed E-state index contributed by atoms with van der Waals surface area (Å²) in [6, 6.07) is 9.77. The van der Waals surface area contributed by atoms with E-state index in [0.717, 1.165) is 0 Å². The topological polar surface area (TPSA) is 37.3 Å². The number of carboxylic acids is 1. The molecular weight excluding hydrogens is 207 g/mol. The molecule has 0 aliphatic carbocycles. The average Bonchev–Trinajstić information content (AvgIpc) is 2.28. The van der Waals surface area contributed by atoms with E-state index in [1.807, 2.05) is 0 Å². The van der Waals surface area contributed by atoms with Gasteiger partial charge in [-0.15, -0.1) is 0 Å². The van der Waals surface area contributed by atoms with Crippen molar-refractivity contribution < 1.29 is 14.3 Å². The molecule has 1 N–H and O–H groups in total. The van der Waals surface area contributed by atoms with E-state index in [9.17, 15) is 9.18 Å². The average molecular weight is 218 g/mol. The standard InChI is InChI=1S/C13H11FO2/c1-8(13(15)16)9-4-2-6-11-10(9)5-3-7-12(11)14/h2-8H,1H3,(H,15,16)/t8-/m1/s1. The lowest BCUT2D eigenvalue weighted by Gasteiger charge is -2.10. The molecule has 0 radical (unpaired) electrons. The minimum absolute atomic E-state index is 0.322. The first-order chi connectivity index (χ1) is 7.61. The van der Waals surface area contributed by atoms with Gasteiger partial charge in [0.2, 0.25) is 0 Å². The number of benzene rings is 2. The number of aliphatic carboxylic acids is 1. The van der Waals surface area contributed by atoms with Crippen molar-refractivity contribution in [2.24, 2.45) is 0 Å². The van der Waals surface area contributed by atoms with E-state index in [1.54, 1.807) is 37.3 Å². The van der Waals surface area contributed by atoms with E-state index in [1.165, 1.54) is 6.07 Å². The number of hydrogen-bond acceptors (Lipinski definition) is 1. The van der Waals surface area contributed by atoms with Crippen LogP contribution in [0.3, 0.4) is 0 Å². The molecule has 0 fully saturated rings. The molecule has 2 nitrogen and oxygen atoms in total. The van der Waals surface area contributed by atoms with Crippen LogP contribution in [0, 0.1) is 5.82 Å². The van der Waals surface area contributed by atoms with Crippen molar-refractivity contribution in [1.82, 2.24) is 0 Å². The quantitative estimate of drug-likeness (QED) is 0.840. The monoisotopic (exact) mass is 218 g/mol. The maximum atomic E-state index is 13.5. The molecular formula is C13H11FO2. The van der Waals surface area contributed by atoms with Crippen LogP contribution in [0.15, 0.2) is 36.4 Å². The van der Waals surface area contributed by atoms with Gasteiger partial charge in [-0.2, -0.15) is 0 Å². The van der Waals surface area contributed by atoms with Gasteiger partial charge in [0.15, 0.2) is 0 Å². The molecule has 0 saturated heterocycles.